The third kappa shape index (κ3) is 4.51. The van der Waals surface area contributed by atoms with E-state index in [0.29, 0.717) is 5.56 Å². The van der Waals surface area contributed by atoms with E-state index in [1.807, 2.05) is 18.2 Å². The second-order valence-electron chi connectivity index (χ2n) is 14.0. The van der Waals surface area contributed by atoms with Gasteiger partial charge in [-0.25, -0.2) is 0 Å². The molecule has 0 radical (unpaired) electrons. The van der Waals surface area contributed by atoms with E-state index < -0.39 is 0 Å². The van der Waals surface area contributed by atoms with E-state index in [1.54, 1.807) is 0 Å². The molecule has 0 aliphatic carbocycles. The van der Waals surface area contributed by atoms with Crippen LogP contribution in [-0.4, -0.2) is 4.57 Å². The number of nitriles is 1. The molecule has 0 atom stereocenters. The molecule has 0 amide bonds. The maximum absolute atomic E-state index is 9.72. The van der Waals surface area contributed by atoms with Gasteiger partial charge in [0.25, 0.3) is 0 Å². The summed E-state index contributed by atoms with van der Waals surface area (Å²) in [7, 11) is 0. The third-order valence-corrected chi connectivity index (χ3v) is 11.1. The van der Waals surface area contributed by atoms with Crippen LogP contribution < -0.4 is 0 Å². The molecular formula is C51H30N2. The topological polar surface area (TPSA) is 28.7 Å². The Bertz CT molecular complexity index is 3290. The van der Waals surface area contributed by atoms with Crippen LogP contribution in [0.1, 0.15) is 5.56 Å². The molecule has 0 aliphatic heterocycles. The highest BCUT2D eigenvalue weighted by Crippen LogP contribution is 2.43. The first-order chi connectivity index (χ1) is 26.2. The van der Waals surface area contributed by atoms with E-state index in [4.69, 9.17) is 0 Å². The predicted molar refractivity (Wildman–Crippen MR) is 223 cm³/mol. The highest BCUT2D eigenvalue weighted by molar-refractivity contribution is 6.27. The summed E-state index contributed by atoms with van der Waals surface area (Å²) in [4.78, 5) is 0. The van der Waals surface area contributed by atoms with Gasteiger partial charge in [0, 0.05) is 16.5 Å². The zero-order valence-corrected chi connectivity index (χ0v) is 28.7. The van der Waals surface area contributed by atoms with E-state index in [0.717, 1.165) is 33.2 Å². The van der Waals surface area contributed by atoms with Crippen molar-refractivity contribution in [2.75, 3.05) is 0 Å². The Kier molecular flexibility index (Phi) is 6.35. The summed E-state index contributed by atoms with van der Waals surface area (Å²) in [6, 6.07) is 68.2. The number of fused-ring (bicyclic) bond motifs is 4. The van der Waals surface area contributed by atoms with E-state index in [9.17, 15) is 5.26 Å². The maximum Gasteiger partial charge on any atom is 0.0992 e. The molecule has 0 saturated carbocycles. The van der Waals surface area contributed by atoms with Crippen LogP contribution in [0.2, 0.25) is 0 Å². The molecule has 53 heavy (non-hydrogen) atoms. The molecule has 11 rings (SSSR count). The van der Waals surface area contributed by atoms with Gasteiger partial charge in [-0.1, -0.05) is 140 Å². The molecule has 2 heteroatoms. The van der Waals surface area contributed by atoms with Crippen molar-refractivity contribution in [2.45, 2.75) is 0 Å². The minimum Gasteiger partial charge on any atom is -0.309 e. The number of aromatic nitrogens is 1. The summed E-state index contributed by atoms with van der Waals surface area (Å²) in [6.07, 6.45) is 0. The summed E-state index contributed by atoms with van der Waals surface area (Å²) in [5.41, 5.74) is 11.1. The van der Waals surface area contributed by atoms with Crippen LogP contribution in [0.25, 0.3) is 104 Å². The fourth-order valence-electron chi connectivity index (χ4n) is 8.65. The molecular weight excluding hydrogens is 641 g/mol. The molecule has 0 N–H and O–H groups in total. The standard InChI is InChI=1S/C51H30N2/c52-31-32-13-21-44-45-24-20-38(30-49(45)53(48(44)27-32)41-11-2-1-3-12-41)37-9-6-10-39(29-37)42-22-16-34-19-26-47-43(23-17-35-18-25-46(42)50(34)51(35)47)40-15-14-33-7-4-5-8-36(33)28-40/h1-30H. The van der Waals surface area contributed by atoms with Gasteiger partial charge in [-0.3, -0.25) is 0 Å². The molecule has 10 aromatic carbocycles. The lowest BCUT2D eigenvalue weighted by molar-refractivity contribution is 1.18. The number of benzene rings is 10. The summed E-state index contributed by atoms with van der Waals surface area (Å²) in [5, 5.41) is 22.3. The van der Waals surface area contributed by atoms with Crippen LogP contribution in [-0.2, 0) is 0 Å². The third-order valence-electron chi connectivity index (χ3n) is 11.1. The lowest BCUT2D eigenvalue weighted by Crippen LogP contribution is -1.94. The molecule has 0 bridgehead atoms. The molecule has 244 valence electrons. The smallest absolute Gasteiger partial charge is 0.0992 e. The average Bonchev–Trinajstić information content (AvgIpc) is 3.55. The van der Waals surface area contributed by atoms with Gasteiger partial charge < -0.3 is 4.57 Å². The fourth-order valence-corrected chi connectivity index (χ4v) is 8.65. The summed E-state index contributed by atoms with van der Waals surface area (Å²) >= 11 is 0. The number of rotatable bonds is 4. The quantitative estimate of drug-likeness (QED) is 0.171. The number of nitrogens with zero attached hydrogens (tertiary/aromatic N) is 2. The van der Waals surface area contributed by atoms with Gasteiger partial charge in [0.2, 0.25) is 0 Å². The van der Waals surface area contributed by atoms with Gasteiger partial charge >= 0.3 is 0 Å². The molecule has 1 heterocycles. The maximum atomic E-state index is 9.72. The second kappa shape index (κ2) is 11.4. The van der Waals surface area contributed by atoms with E-state index in [2.05, 4.69) is 174 Å². The predicted octanol–water partition coefficient (Wildman–Crippen LogP) is 13.7. The Labute approximate surface area is 306 Å². The van der Waals surface area contributed by atoms with Crippen molar-refractivity contribution in [3.8, 4) is 45.1 Å². The van der Waals surface area contributed by atoms with Gasteiger partial charge in [0.1, 0.15) is 0 Å². The second-order valence-corrected chi connectivity index (χ2v) is 14.0. The van der Waals surface area contributed by atoms with Crippen LogP contribution in [0, 0.1) is 11.3 Å². The van der Waals surface area contributed by atoms with Crippen molar-refractivity contribution in [1.29, 1.82) is 5.26 Å². The van der Waals surface area contributed by atoms with Gasteiger partial charge in [-0.05, 0) is 119 Å². The van der Waals surface area contributed by atoms with Crippen molar-refractivity contribution >= 4 is 64.9 Å². The van der Waals surface area contributed by atoms with Crippen LogP contribution in [0.3, 0.4) is 0 Å². The van der Waals surface area contributed by atoms with Crippen LogP contribution in [0.4, 0.5) is 0 Å². The Morgan fingerprint density at radius 2 is 0.906 bits per heavy atom. The monoisotopic (exact) mass is 670 g/mol. The molecule has 1 aromatic heterocycles. The minimum atomic E-state index is 0.656. The number of hydrogen-bond acceptors (Lipinski definition) is 1. The van der Waals surface area contributed by atoms with Crippen LogP contribution in [0.15, 0.2) is 182 Å². The Hall–Kier alpha value is -7.21. The van der Waals surface area contributed by atoms with Crippen molar-refractivity contribution in [3.05, 3.63) is 188 Å². The summed E-state index contributed by atoms with van der Waals surface area (Å²) in [5.74, 6) is 0. The van der Waals surface area contributed by atoms with Gasteiger partial charge in [-0.15, -0.1) is 0 Å². The van der Waals surface area contributed by atoms with E-state index in [-0.39, 0.29) is 0 Å². The fraction of sp³-hybridized carbons (Fsp3) is 0. The minimum absolute atomic E-state index is 0.656. The number of hydrogen-bond donors (Lipinski definition) is 0. The van der Waals surface area contributed by atoms with Crippen molar-refractivity contribution < 1.29 is 0 Å². The molecule has 0 saturated heterocycles. The molecule has 2 nitrogen and oxygen atoms in total. The van der Waals surface area contributed by atoms with Crippen molar-refractivity contribution in [1.82, 2.24) is 4.57 Å². The highest BCUT2D eigenvalue weighted by Gasteiger charge is 2.17. The lowest BCUT2D eigenvalue weighted by Gasteiger charge is -2.17. The van der Waals surface area contributed by atoms with Gasteiger partial charge in [0.15, 0.2) is 0 Å². The van der Waals surface area contributed by atoms with E-state index in [1.165, 1.54) is 70.7 Å². The molecule has 0 unspecified atom stereocenters. The largest absolute Gasteiger partial charge is 0.309 e. The Morgan fingerprint density at radius 1 is 0.358 bits per heavy atom. The van der Waals surface area contributed by atoms with E-state index >= 15 is 0 Å². The van der Waals surface area contributed by atoms with Gasteiger partial charge in [0.05, 0.1) is 22.7 Å². The Morgan fingerprint density at radius 3 is 1.64 bits per heavy atom. The highest BCUT2D eigenvalue weighted by atomic mass is 15.0. The SMILES string of the molecule is N#Cc1ccc2c3ccc(-c4cccc(-c5ccc6ccc7c(-c8ccc9ccccc9c8)ccc8ccc5c6c87)c4)cc3n(-c3ccccc3)c2c1. The van der Waals surface area contributed by atoms with Crippen molar-refractivity contribution in [3.63, 3.8) is 0 Å². The van der Waals surface area contributed by atoms with Crippen molar-refractivity contribution in [2.24, 2.45) is 0 Å². The Balaban J connectivity index is 1.08. The molecule has 0 aliphatic rings. The summed E-state index contributed by atoms with van der Waals surface area (Å²) < 4.78 is 2.28. The summed E-state index contributed by atoms with van der Waals surface area (Å²) in [6.45, 7) is 0. The first-order valence-electron chi connectivity index (χ1n) is 18.1. The normalized spacial score (nSPS) is 11.8. The first-order valence-corrected chi connectivity index (χ1v) is 18.1. The number of para-hydroxylation sites is 1. The molecule has 11 aromatic rings. The molecule has 0 fully saturated rings. The van der Waals surface area contributed by atoms with Gasteiger partial charge in [-0.2, -0.15) is 5.26 Å². The zero-order chi connectivity index (χ0) is 35.0. The average molecular weight is 671 g/mol. The first kappa shape index (κ1) is 29.5. The lowest BCUT2D eigenvalue weighted by atomic mass is 9.86. The zero-order valence-electron chi connectivity index (χ0n) is 28.7. The van der Waals surface area contributed by atoms with Crippen LogP contribution >= 0.6 is 0 Å². The van der Waals surface area contributed by atoms with Crippen LogP contribution in [0.5, 0.6) is 0 Å². The molecule has 0 spiro atoms.